The SMILES string of the molecule is CCCn1c(C(C)C)ccc(CO)c1=O. The maximum absolute atomic E-state index is 11.9. The van der Waals surface area contributed by atoms with E-state index in [9.17, 15) is 4.79 Å². The minimum absolute atomic E-state index is 0.0504. The monoisotopic (exact) mass is 209 g/mol. The Kier molecular flexibility index (Phi) is 4.09. The van der Waals surface area contributed by atoms with Crippen molar-refractivity contribution in [2.45, 2.75) is 46.3 Å². The third-order valence-electron chi connectivity index (χ3n) is 2.50. The second-order valence-corrected chi connectivity index (χ2v) is 4.05. The number of nitrogens with zero attached hydrogens (tertiary/aromatic N) is 1. The molecule has 1 N–H and O–H groups in total. The van der Waals surface area contributed by atoms with Crippen LogP contribution in [0.3, 0.4) is 0 Å². The van der Waals surface area contributed by atoms with Crippen LogP contribution < -0.4 is 5.56 Å². The van der Waals surface area contributed by atoms with Crippen molar-refractivity contribution in [3.8, 4) is 0 Å². The Morgan fingerprint density at radius 3 is 2.53 bits per heavy atom. The number of hydrogen-bond donors (Lipinski definition) is 1. The van der Waals surface area contributed by atoms with Gasteiger partial charge in [0.1, 0.15) is 0 Å². The van der Waals surface area contributed by atoms with Crippen LogP contribution in [0.5, 0.6) is 0 Å². The Labute approximate surface area is 90.4 Å². The third-order valence-corrected chi connectivity index (χ3v) is 2.50. The van der Waals surface area contributed by atoms with E-state index in [1.165, 1.54) is 0 Å². The van der Waals surface area contributed by atoms with Gasteiger partial charge in [0.05, 0.1) is 6.61 Å². The van der Waals surface area contributed by atoms with Crippen LogP contribution in [0.25, 0.3) is 0 Å². The van der Waals surface area contributed by atoms with Crippen LogP contribution in [0.4, 0.5) is 0 Å². The topological polar surface area (TPSA) is 42.2 Å². The van der Waals surface area contributed by atoms with Gasteiger partial charge in [0, 0.05) is 17.8 Å². The molecule has 0 aliphatic heterocycles. The molecule has 0 unspecified atom stereocenters. The molecule has 0 saturated carbocycles. The molecule has 1 heterocycles. The van der Waals surface area contributed by atoms with E-state index < -0.39 is 0 Å². The lowest BCUT2D eigenvalue weighted by molar-refractivity contribution is 0.278. The van der Waals surface area contributed by atoms with Crippen molar-refractivity contribution in [1.82, 2.24) is 4.57 Å². The summed E-state index contributed by atoms with van der Waals surface area (Å²) in [6, 6.07) is 3.66. The zero-order chi connectivity index (χ0) is 11.4. The van der Waals surface area contributed by atoms with Gasteiger partial charge in [-0.2, -0.15) is 0 Å². The summed E-state index contributed by atoms with van der Waals surface area (Å²) in [4.78, 5) is 11.9. The highest BCUT2D eigenvalue weighted by Gasteiger charge is 2.09. The highest BCUT2D eigenvalue weighted by molar-refractivity contribution is 5.17. The summed E-state index contributed by atoms with van der Waals surface area (Å²) in [6.07, 6.45) is 0.925. The van der Waals surface area contributed by atoms with E-state index in [1.54, 1.807) is 10.6 Å². The van der Waals surface area contributed by atoms with Crippen molar-refractivity contribution in [1.29, 1.82) is 0 Å². The minimum atomic E-state index is -0.180. The Balaban J connectivity index is 3.31. The van der Waals surface area contributed by atoms with Crippen molar-refractivity contribution in [2.75, 3.05) is 0 Å². The molecule has 1 rings (SSSR count). The van der Waals surface area contributed by atoms with Gasteiger partial charge in [-0.15, -0.1) is 0 Å². The minimum Gasteiger partial charge on any atom is -0.391 e. The first-order valence-electron chi connectivity index (χ1n) is 5.45. The maximum atomic E-state index is 11.9. The predicted molar refractivity (Wildman–Crippen MR) is 61.0 cm³/mol. The largest absolute Gasteiger partial charge is 0.391 e. The van der Waals surface area contributed by atoms with Crippen molar-refractivity contribution >= 4 is 0 Å². The smallest absolute Gasteiger partial charge is 0.256 e. The first-order chi connectivity index (χ1) is 7.11. The number of aliphatic hydroxyl groups excluding tert-OH is 1. The molecule has 0 fully saturated rings. The van der Waals surface area contributed by atoms with E-state index in [-0.39, 0.29) is 12.2 Å². The molecule has 3 heteroatoms. The van der Waals surface area contributed by atoms with Crippen LogP contribution in [-0.2, 0) is 13.2 Å². The number of pyridine rings is 1. The Hall–Kier alpha value is -1.09. The van der Waals surface area contributed by atoms with E-state index in [2.05, 4.69) is 13.8 Å². The lowest BCUT2D eigenvalue weighted by Crippen LogP contribution is -2.27. The van der Waals surface area contributed by atoms with Gasteiger partial charge in [-0.1, -0.05) is 20.8 Å². The van der Waals surface area contributed by atoms with E-state index in [0.29, 0.717) is 11.5 Å². The number of aliphatic hydroxyl groups is 1. The van der Waals surface area contributed by atoms with E-state index in [4.69, 9.17) is 5.11 Å². The zero-order valence-corrected chi connectivity index (χ0v) is 9.66. The van der Waals surface area contributed by atoms with E-state index in [1.807, 2.05) is 13.0 Å². The fraction of sp³-hybridized carbons (Fsp3) is 0.583. The molecule has 0 aliphatic rings. The van der Waals surface area contributed by atoms with Crippen LogP contribution in [0, 0.1) is 0 Å². The van der Waals surface area contributed by atoms with Gasteiger partial charge in [0.2, 0.25) is 0 Å². The molecular formula is C12H19NO2. The average molecular weight is 209 g/mol. The molecule has 0 radical (unpaired) electrons. The normalized spacial score (nSPS) is 11.0. The summed E-state index contributed by atoms with van der Waals surface area (Å²) in [7, 11) is 0. The van der Waals surface area contributed by atoms with Crippen molar-refractivity contribution < 1.29 is 5.11 Å². The molecule has 0 bridgehead atoms. The summed E-state index contributed by atoms with van der Waals surface area (Å²) in [5, 5.41) is 9.03. The quantitative estimate of drug-likeness (QED) is 0.822. The highest BCUT2D eigenvalue weighted by Crippen LogP contribution is 2.13. The van der Waals surface area contributed by atoms with Crippen LogP contribution in [0.1, 0.15) is 44.4 Å². The second-order valence-electron chi connectivity index (χ2n) is 4.05. The standard InChI is InChI=1S/C12H19NO2/c1-4-7-13-11(9(2)3)6-5-10(8-14)12(13)15/h5-6,9,14H,4,7-8H2,1-3H3. The zero-order valence-electron chi connectivity index (χ0n) is 9.66. The Morgan fingerprint density at radius 1 is 1.40 bits per heavy atom. The molecule has 84 valence electrons. The molecule has 1 aromatic rings. The summed E-state index contributed by atoms with van der Waals surface area (Å²) >= 11 is 0. The summed E-state index contributed by atoms with van der Waals surface area (Å²) < 4.78 is 1.77. The Morgan fingerprint density at radius 2 is 2.07 bits per heavy atom. The molecule has 0 spiro atoms. The van der Waals surface area contributed by atoms with Gasteiger partial charge in [-0.25, -0.2) is 0 Å². The maximum Gasteiger partial charge on any atom is 0.256 e. The predicted octanol–water partition coefficient (Wildman–Crippen LogP) is 1.87. The molecule has 0 aliphatic carbocycles. The molecule has 3 nitrogen and oxygen atoms in total. The number of hydrogen-bond acceptors (Lipinski definition) is 2. The lowest BCUT2D eigenvalue weighted by atomic mass is 10.1. The summed E-state index contributed by atoms with van der Waals surface area (Å²) in [5.74, 6) is 0.331. The van der Waals surface area contributed by atoms with E-state index >= 15 is 0 Å². The Bertz CT molecular complexity index is 380. The summed E-state index contributed by atoms with van der Waals surface area (Å²) in [6.45, 7) is 6.72. The fourth-order valence-electron chi connectivity index (χ4n) is 1.72. The van der Waals surface area contributed by atoms with Gasteiger partial charge in [-0.05, 0) is 24.5 Å². The third kappa shape index (κ3) is 2.48. The molecule has 1 aromatic heterocycles. The fourth-order valence-corrected chi connectivity index (χ4v) is 1.72. The first kappa shape index (κ1) is 12.0. The van der Waals surface area contributed by atoms with Gasteiger partial charge in [-0.3, -0.25) is 4.79 Å². The van der Waals surface area contributed by atoms with Crippen LogP contribution in [-0.4, -0.2) is 9.67 Å². The molecule has 15 heavy (non-hydrogen) atoms. The highest BCUT2D eigenvalue weighted by atomic mass is 16.3. The molecule has 0 atom stereocenters. The lowest BCUT2D eigenvalue weighted by Gasteiger charge is -2.15. The van der Waals surface area contributed by atoms with Crippen LogP contribution in [0.2, 0.25) is 0 Å². The number of aromatic nitrogens is 1. The van der Waals surface area contributed by atoms with Crippen LogP contribution >= 0.6 is 0 Å². The van der Waals surface area contributed by atoms with Crippen molar-refractivity contribution in [3.63, 3.8) is 0 Å². The van der Waals surface area contributed by atoms with Gasteiger partial charge in [0.25, 0.3) is 5.56 Å². The van der Waals surface area contributed by atoms with Crippen LogP contribution in [0.15, 0.2) is 16.9 Å². The first-order valence-corrected chi connectivity index (χ1v) is 5.45. The number of rotatable bonds is 4. The van der Waals surface area contributed by atoms with E-state index in [0.717, 1.165) is 18.7 Å². The molecule has 0 aromatic carbocycles. The molecule has 0 amide bonds. The molecule has 0 saturated heterocycles. The second kappa shape index (κ2) is 5.12. The van der Waals surface area contributed by atoms with Crippen molar-refractivity contribution in [2.24, 2.45) is 0 Å². The van der Waals surface area contributed by atoms with Gasteiger partial charge >= 0.3 is 0 Å². The average Bonchev–Trinajstić information content (AvgIpc) is 2.20. The summed E-state index contributed by atoms with van der Waals surface area (Å²) in [5.41, 5.74) is 1.47. The van der Waals surface area contributed by atoms with Gasteiger partial charge in [0.15, 0.2) is 0 Å². The molecular weight excluding hydrogens is 190 g/mol. The van der Waals surface area contributed by atoms with Gasteiger partial charge < -0.3 is 9.67 Å². The van der Waals surface area contributed by atoms with Crippen molar-refractivity contribution in [3.05, 3.63) is 33.7 Å².